The zero-order valence-corrected chi connectivity index (χ0v) is 24.1. The number of nitrogens with one attached hydrogen (secondary N) is 2. The van der Waals surface area contributed by atoms with E-state index in [0.717, 1.165) is 6.42 Å². The van der Waals surface area contributed by atoms with Crippen molar-refractivity contribution in [3.05, 3.63) is 59.2 Å². The zero-order valence-electron chi connectivity index (χ0n) is 22.5. The van der Waals surface area contributed by atoms with Gasteiger partial charge in [-0.25, -0.2) is 0 Å². The number of carbonyl (C=O) groups is 1. The lowest BCUT2D eigenvalue weighted by Gasteiger charge is -2.36. The molecule has 2 heterocycles. The van der Waals surface area contributed by atoms with Crippen molar-refractivity contribution in [2.45, 2.75) is 56.4 Å². The number of sulfonamides is 1. The Labute approximate surface area is 234 Å². The smallest absolute Gasteiger partial charge is 0.301 e. The summed E-state index contributed by atoms with van der Waals surface area (Å²) in [5.74, 6) is -0.728. The summed E-state index contributed by atoms with van der Waals surface area (Å²) in [5.41, 5.74) is 5.89. The number of benzene rings is 2. The average molecular weight is 588 g/mol. The van der Waals surface area contributed by atoms with E-state index in [1.807, 2.05) is 0 Å². The molecule has 13 heteroatoms. The van der Waals surface area contributed by atoms with Crippen molar-refractivity contribution in [1.82, 2.24) is 4.31 Å². The van der Waals surface area contributed by atoms with E-state index in [-0.39, 0.29) is 52.6 Å². The highest BCUT2D eigenvalue weighted by atomic mass is 32.2. The van der Waals surface area contributed by atoms with Crippen molar-refractivity contribution in [2.75, 3.05) is 23.1 Å². The molecule has 0 spiro atoms. The number of carbonyl (C=O) groups excluding carboxylic acids is 1. The van der Waals surface area contributed by atoms with Gasteiger partial charge in [0, 0.05) is 24.7 Å². The second kappa shape index (κ2) is 9.98. The third kappa shape index (κ3) is 4.91. The van der Waals surface area contributed by atoms with Gasteiger partial charge in [0.25, 0.3) is 10.0 Å². The van der Waals surface area contributed by atoms with E-state index in [9.17, 15) is 26.7 Å². The number of amidine groups is 1. The molecule has 2 atom stereocenters. The van der Waals surface area contributed by atoms with Crippen LogP contribution in [0.4, 0.5) is 11.4 Å². The molecule has 1 aliphatic carbocycles. The molecular formula is C27H33N5O6S2. The number of nitrogens with two attached hydrogens (primary N) is 1. The SMILES string of the molecule is CC(C)CCC1(C)C(=O)C(C2=NS(=O)(=O)c3cc(NS(=O)(=O)N4CCC(N)C4)ccc3N2)=C(O)c2ccccc21. The summed E-state index contributed by atoms with van der Waals surface area (Å²) in [6, 6.07) is 10.8. The van der Waals surface area contributed by atoms with Crippen LogP contribution in [0.1, 0.15) is 51.2 Å². The molecule has 2 aromatic rings. The highest BCUT2D eigenvalue weighted by Gasteiger charge is 2.46. The highest BCUT2D eigenvalue weighted by molar-refractivity contribution is 7.91. The number of hydrogen-bond donors (Lipinski definition) is 4. The van der Waals surface area contributed by atoms with Gasteiger partial charge in [-0.15, -0.1) is 4.40 Å². The first-order chi connectivity index (χ1) is 18.7. The molecule has 5 rings (SSSR count). The molecule has 40 heavy (non-hydrogen) atoms. The topological polar surface area (TPSA) is 171 Å². The van der Waals surface area contributed by atoms with Gasteiger partial charge in [0.2, 0.25) is 0 Å². The predicted octanol–water partition coefficient (Wildman–Crippen LogP) is 3.13. The largest absolute Gasteiger partial charge is 0.506 e. The molecule has 0 amide bonds. The number of fused-ring (bicyclic) bond motifs is 2. The molecule has 0 radical (unpaired) electrons. The van der Waals surface area contributed by atoms with Crippen molar-refractivity contribution in [2.24, 2.45) is 16.0 Å². The minimum atomic E-state index is -4.37. The fourth-order valence-corrected chi connectivity index (χ4v) is 7.81. The van der Waals surface area contributed by atoms with Crippen molar-refractivity contribution in [1.29, 1.82) is 0 Å². The van der Waals surface area contributed by atoms with Gasteiger partial charge < -0.3 is 16.2 Å². The predicted molar refractivity (Wildman–Crippen MR) is 154 cm³/mol. The van der Waals surface area contributed by atoms with Crippen LogP contribution in [0.3, 0.4) is 0 Å². The maximum Gasteiger partial charge on any atom is 0.301 e. The summed E-state index contributed by atoms with van der Waals surface area (Å²) in [6.45, 7) is 6.35. The molecule has 3 aliphatic rings. The Morgan fingerprint density at radius 1 is 1.25 bits per heavy atom. The van der Waals surface area contributed by atoms with E-state index in [2.05, 4.69) is 28.3 Å². The van der Waals surface area contributed by atoms with Gasteiger partial charge in [0.05, 0.1) is 16.8 Å². The van der Waals surface area contributed by atoms with E-state index in [1.165, 1.54) is 22.5 Å². The molecule has 2 aromatic carbocycles. The van der Waals surface area contributed by atoms with Crippen LogP contribution in [0.2, 0.25) is 0 Å². The zero-order chi connectivity index (χ0) is 29.0. The molecule has 2 aliphatic heterocycles. The summed E-state index contributed by atoms with van der Waals surface area (Å²) in [6.07, 6.45) is 1.77. The van der Waals surface area contributed by atoms with Crippen LogP contribution in [0.15, 0.2) is 57.3 Å². The van der Waals surface area contributed by atoms with Gasteiger partial charge in [-0.3, -0.25) is 9.52 Å². The van der Waals surface area contributed by atoms with Crippen LogP contribution in [0.5, 0.6) is 0 Å². The lowest BCUT2D eigenvalue weighted by molar-refractivity contribution is -0.120. The standard InChI is InChI=1S/C27H33N5O6S2/c1-16(2)10-12-27(3)20-7-5-4-6-19(20)24(33)23(25(27)34)26-29-21-9-8-18(14-22(21)39(35,36)31-26)30-40(37,38)32-13-11-17(28)15-32/h4-9,14,16-17,30,33H,10-13,15,28H2,1-3H3,(H,29,31). The summed E-state index contributed by atoms with van der Waals surface area (Å²) >= 11 is 0. The van der Waals surface area contributed by atoms with Crippen LogP contribution in [-0.4, -0.2) is 57.0 Å². The van der Waals surface area contributed by atoms with Crippen molar-refractivity contribution in [3.8, 4) is 0 Å². The van der Waals surface area contributed by atoms with Gasteiger partial charge in [0.1, 0.15) is 16.2 Å². The van der Waals surface area contributed by atoms with Gasteiger partial charge in [-0.2, -0.15) is 21.1 Å². The summed E-state index contributed by atoms with van der Waals surface area (Å²) in [4.78, 5) is 13.7. The molecule has 214 valence electrons. The van der Waals surface area contributed by atoms with Crippen LogP contribution in [0, 0.1) is 5.92 Å². The van der Waals surface area contributed by atoms with E-state index in [4.69, 9.17) is 5.73 Å². The lowest BCUT2D eigenvalue weighted by Crippen LogP contribution is -2.42. The average Bonchev–Trinajstić information content (AvgIpc) is 3.34. The second-order valence-electron chi connectivity index (χ2n) is 11.1. The molecule has 1 saturated heterocycles. The number of aliphatic hydroxyl groups is 1. The van der Waals surface area contributed by atoms with Gasteiger partial charge >= 0.3 is 10.2 Å². The van der Waals surface area contributed by atoms with Crippen molar-refractivity contribution in [3.63, 3.8) is 0 Å². The Morgan fingerprint density at radius 2 is 1.98 bits per heavy atom. The fourth-order valence-electron chi connectivity index (χ4n) is 5.37. The maximum absolute atomic E-state index is 14.0. The molecule has 5 N–H and O–H groups in total. The van der Waals surface area contributed by atoms with Crippen LogP contribution in [-0.2, 0) is 30.4 Å². The first kappa shape index (κ1) is 28.3. The first-order valence-corrected chi connectivity index (χ1v) is 16.0. The van der Waals surface area contributed by atoms with Crippen LogP contribution < -0.4 is 15.8 Å². The number of Topliss-reactive ketones (excluding diaryl/α,β-unsaturated/α-hetero) is 1. The van der Waals surface area contributed by atoms with E-state index in [1.54, 1.807) is 31.2 Å². The van der Waals surface area contributed by atoms with Gasteiger partial charge in [-0.05, 0) is 55.9 Å². The Balaban J connectivity index is 1.52. The van der Waals surface area contributed by atoms with Gasteiger partial charge in [-0.1, -0.05) is 38.1 Å². The number of anilines is 2. The molecule has 1 fully saturated rings. The summed E-state index contributed by atoms with van der Waals surface area (Å²) in [7, 11) is -8.31. The minimum Gasteiger partial charge on any atom is -0.506 e. The number of rotatable bonds is 7. The maximum atomic E-state index is 14.0. The Bertz CT molecular complexity index is 1670. The van der Waals surface area contributed by atoms with Crippen LogP contribution >= 0.6 is 0 Å². The second-order valence-corrected chi connectivity index (χ2v) is 14.4. The van der Waals surface area contributed by atoms with Crippen molar-refractivity contribution < 1.29 is 26.7 Å². The third-order valence-corrected chi connectivity index (χ3v) is 10.5. The van der Waals surface area contributed by atoms with Gasteiger partial charge in [0.15, 0.2) is 11.6 Å². The summed E-state index contributed by atoms with van der Waals surface area (Å²) < 4.78 is 59.7. The van der Waals surface area contributed by atoms with E-state index >= 15 is 0 Å². The van der Waals surface area contributed by atoms with Crippen molar-refractivity contribution >= 4 is 49.0 Å². The first-order valence-electron chi connectivity index (χ1n) is 13.1. The minimum absolute atomic E-state index is 0.0363. The third-order valence-electron chi connectivity index (χ3n) is 7.70. The fraction of sp³-hybridized carbons (Fsp3) is 0.407. The van der Waals surface area contributed by atoms with E-state index in [0.29, 0.717) is 29.9 Å². The monoisotopic (exact) mass is 587 g/mol. The Hall–Kier alpha value is -3.26. The number of aliphatic hydroxyl groups excluding tert-OH is 1. The van der Waals surface area contributed by atoms with Crippen LogP contribution in [0.25, 0.3) is 5.76 Å². The molecule has 0 bridgehead atoms. The Kier molecular flexibility index (Phi) is 7.06. The molecule has 0 aromatic heterocycles. The van der Waals surface area contributed by atoms with E-state index < -0.39 is 31.4 Å². The normalized spacial score (nSPS) is 24.4. The summed E-state index contributed by atoms with van der Waals surface area (Å²) in [5, 5.41) is 14.1. The number of nitrogens with zero attached hydrogens (tertiary/aromatic N) is 2. The molecule has 11 nitrogen and oxygen atoms in total. The molecular weight excluding hydrogens is 554 g/mol. The quantitative estimate of drug-likeness (QED) is 0.383. The number of hydrogen-bond acceptors (Lipinski definition) is 8. The Morgan fingerprint density at radius 3 is 2.65 bits per heavy atom. The molecule has 2 unspecified atom stereocenters. The number of ketones is 1. The molecule has 0 saturated carbocycles. The lowest BCUT2D eigenvalue weighted by atomic mass is 9.66. The highest BCUT2D eigenvalue weighted by Crippen LogP contribution is 2.44.